The normalized spacial score (nSPS) is 18.6. The maximum atomic E-state index is 13.0. The molecule has 1 atom stereocenters. The van der Waals surface area contributed by atoms with Crippen LogP contribution in [0.15, 0.2) is 41.0 Å². The van der Waals surface area contributed by atoms with E-state index in [2.05, 4.69) is 10.2 Å². The second-order valence-electron chi connectivity index (χ2n) is 7.29. The highest BCUT2D eigenvalue weighted by atomic mass is 35.5. The Morgan fingerprint density at radius 2 is 2.00 bits per heavy atom. The van der Waals surface area contributed by atoms with Crippen molar-refractivity contribution >= 4 is 29.1 Å². The minimum absolute atomic E-state index is 0.00520. The van der Waals surface area contributed by atoms with Crippen molar-refractivity contribution < 1.29 is 14.0 Å². The number of amides is 2. The summed E-state index contributed by atoms with van der Waals surface area (Å²) in [5, 5.41) is 3.55. The van der Waals surface area contributed by atoms with Gasteiger partial charge in [-0.1, -0.05) is 11.6 Å². The quantitative estimate of drug-likeness (QED) is 0.802. The van der Waals surface area contributed by atoms with E-state index in [1.165, 1.54) is 0 Å². The molecule has 148 valence electrons. The minimum atomic E-state index is -0.206. The van der Waals surface area contributed by atoms with Crippen LogP contribution in [0.1, 0.15) is 47.8 Å². The van der Waals surface area contributed by atoms with Gasteiger partial charge in [0.05, 0.1) is 23.6 Å². The third-order valence-electron chi connectivity index (χ3n) is 5.48. The standard InChI is InChI=1S/C21H24ClN3O3/c22-15-7-8-16(17(13-15)25-11-3-6-20(25)26)21(27)23-14-18(19-5-4-12-28-19)24-9-1-2-10-24/h4-5,7-8,12-13,18H,1-3,6,9-11,14H2,(H,23,27)/t18-/m0/s1. The van der Waals surface area contributed by atoms with E-state index in [4.69, 9.17) is 16.0 Å². The van der Waals surface area contributed by atoms with E-state index in [9.17, 15) is 9.59 Å². The molecule has 4 rings (SSSR count). The van der Waals surface area contributed by atoms with Crippen molar-refractivity contribution in [1.29, 1.82) is 0 Å². The topological polar surface area (TPSA) is 65.8 Å². The van der Waals surface area contributed by atoms with Gasteiger partial charge >= 0.3 is 0 Å². The fraction of sp³-hybridized carbons (Fsp3) is 0.429. The second-order valence-corrected chi connectivity index (χ2v) is 7.73. The third-order valence-corrected chi connectivity index (χ3v) is 5.71. The van der Waals surface area contributed by atoms with Crippen molar-refractivity contribution in [1.82, 2.24) is 10.2 Å². The summed E-state index contributed by atoms with van der Waals surface area (Å²) in [7, 11) is 0. The predicted molar refractivity (Wildman–Crippen MR) is 108 cm³/mol. The van der Waals surface area contributed by atoms with Crippen LogP contribution in [0.4, 0.5) is 5.69 Å². The molecule has 0 bridgehead atoms. The van der Waals surface area contributed by atoms with Gasteiger partial charge in [0, 0.05) is 24.5 Å². The fourth-order valence-corrected chi connectivity index (χ4v) is 4.22. The monoisotopic (exact) mass is 401 g/mol. The number of likely N-dealkylation sites (tertiary alicyclic amines) is 1. The summed E-state index contributed by atoms with van der Waals surface area (Å²) in [6, 6.07) is 8.90. The van der Waals surface area contributed by atoms with Crippen LogP contribution in [-0.4, -0.2) is 42.9 Å². The van der Waals surface area contributed by atoms with Gasteiger partial charge in [0.25, 0.3) is 5.91 Å². The van der Waals surface area contributed by atoms with Crippen molar-refractivity contribution in [3.63, 3.8) is 0 Å². The number of halogens is 1. The van der Waals surface area contributed by atoms with Crippen LogP contribution in [0.3, 0.4) is 0 Å². The Balaban J connectivity index is 1.52. The Kier molecular flexibility index (Phi) is 5.69. The maximum Gasteiger partial charge on any atom is 0.253 e. The molecule has 2 aliphatic heterocycles. The van der Waals surface area contributed by atoms with Crippen LogP contribution in [0.2, 0.25) is 5.02 Å². The summed E-state index contributed by atoms with van der Waals surface area (Å²) < 4.78 is 5.62. The maximum absolute atomic E-state index is 13.0. The molecular formula is C21H24ClN3O3. The number of hydrogen-bond acceptors (Lipinski definition) is 4. The van der Waals surface area contributed by atoms with E-state index < -0.39 is 0 Å². The molecule has 0 radical (unpaired) electrons. The zero-order chi connectivity index (χ0) is 19.5. The van der Waals surface area contributed by atoms with E-state index in [-0.39, 0.29) is 17.9 Å². The number of carbonyl (C=O) groups is 2. The molecule has 0 saturated carbocycles. The molecule has 2 aromatic rings. The summed E-state index contributed by atoms with van der Waals surface area (Å²) in [5.74, 6) is 0.678. The molecule has 1 aromatic carbocycles. The first kappa shape index (κ1) is 19.0. The van der Waals surface area contributed by atoms with E-state index in [0.717, 1.165) is 38.1 Å². The van der Waals surface area contributed by atoms with Gasteiger partial charge < -0.3 is 14.6 Å². The van der Waals surface area contributed by atoms with Gasteiger partial charge in [0.2, 0.25) is 5.91 Å². The molecule has 7 heteroatoms. The first-order valence-electron chi connectivity index (χ1n) is 9.79. The molecule has 1 N–H and O–H groups in total. The molecule has 0 spiro atoms. The zero-order valence-corrected chi connectivity index (χ0v) is 16.5. The first-order valence-corrected chi connectivity index (χ1v) is 10.2. The van der Waals surface area contributed by atoms with Gasteiger partial charge in [-0.15, -0.1) is 0 Å². The average Bonchev–Trinajstić information content (AvgIpc) is 3.45. The lowest BCUT2D eigenvalue weighted by molar-refractivity contribution is -0.117. The highest BCUT2D eigenvalue weighted by Crippen LogP contribution is 2.29. The molecular weight excluding hydrogens is 378 g/mol. The van der Waals surface area contributed by atoms with Crippen molar-refractivity contribution in [3.05, 3.63) is 52.9 Å². The van der Waals surface area contributed by atoms with E-state index in [1.807, 2.05) is 12.1 Å². The van der Waals surface area contributed by atoms with E-state index in [0.29, 0.717) is 35.8 Å². The van der Waals surface area contributed by atoms with Crippen molar-refractivity contribution in [2.24, 2.45) is 0 Å². The van der Waals surface area contributed by atoms with Crippen LogP contribution in [0.25, 0.3) is 0 Å². The number of anilines is 1. The highest BCUT2D eigenvalue weighted by molar-refractivity contribution is 6.31. The van der Waals surface area contributed by atoms with Gasteiger partial charge in [-0.25, -0.2) is 0 Å². The average molecular weight is 402 g/mol. The summed E-state index contributed by atoms with van der Waals surface area (Å²) in [6.45, 7) is 3.05. The Morgan fingerprint density at radius 1 is 1.18 bits per heavy atom. The van der Waals surface area contributed by atoms with Gasteiger partial charge in [0.1, 0.15) is 5.76 Å². The van der Waals surface area contributed by atoms with Crippen LogP contribution >= 0.6 is 11.6 Å². The number of hydrogen-bond donors (Lipinski definition) is 1. The number of nitrogens with one attached hydrogen (secondary N) is 1. The second kappa shape index (κ2) is 8.37. The Bertz CT molecular complexity index is 847. The summed E-state index contributed by atoms with van der Waals surface area (Å²) in [4.78, 5) is 29.2. The van der Waals surface area contributed by atoms with Crippen LogP contribution in [0, 0.1) is 0 Å². The highest BCUT2D eigenvalue weighted by Gasteiger charge is 2.28. The number of carbonyl (C=O) groups excluding carboxylic acids is 2. The van der Waals surface area contributed by atoms with Crippen molar-refractivity contribution in [2.45, 2.75) is 31.7 Å². The number of benzene rings is 1. The van der Waals surface area contributed by atoms with Gasteiger partial charge in [0.15, 0.2) is 0 Å². The first-order chi connectivity index (χ1) is 13.6. The number of rotatable bonds is 6. The predicted octanol–water partition coefficient (Wildman–Crippen LogP) is 3.63. The molecule has 0 aliphatic carbocycles. The molecule has 3 heterocycles. The van der Waals surface area contributed by atoms with Gasteiger partial charge in [-0.2, -0.15) is 0 Å². The SMILES string of the molecule is O=C(NC[C@@H](c1ccco1)N1CCCC1)c1ccc(Cl)cc1N1CCCC1=O. The molecule has 1 aromatic heterocycles. The minimum Gasteiger partial charge on any atom is -0.468 e. The lowest BCUT2D eigenvalue weighted by Crippen LogP contribution is -2.37. The molecule has 6 nitrogen and oxygen atoms in total. The van der Waals surface area contributed by atoms with Crippen LogP contribution < -0.4 is 10.2 Å². The largest absolute Gasteiger partial charge is 0.468 e. The Hall–Kier alpha value is -2.31. The van der Waals surface area contributed by atoms with Crippen LogP contribution in [0.5, 0.6) is 0 Å². The number of furan rings is 1. The van der Waals surface area contributed by atoms with Crippen LogP contribution in [-0.2, 0) is 4.79 Å². The van der Waals surface area contributed by atoms with Gasteiger partial charge in [-0.3, -0.25) is 14.5 Å². The summed E-state index contributed by atoms with van der Waals surface area (Å²) in [5.41, 5.74) is 1.06. The number of nitrogens with zero attached hydrogens (tertiary/aromatic N) is 2. The lowest BCUT2D eigenvalue weighted by Gasteiger charge is -2.26. The smallest absolute Gasteiger partial charge is 0.253 e. The third kappa shape index (κ3) is 3.93. The zero-order valence-electron chi connectivity index (χ0n) is 15.7. The fourth-order valence-electron chi connectivity index (χ4n) is 4.05. The Labute approximate surface area is 169 Å². The van der Waals surface area contributed by atoms with Crippen molar-refractivity contribution in [2.75, 3.05) is 31.1 Å². The summed E-state index contributed by atoms with van der Waals surface area (Å²) in [6.07, 6.45) is 5.27. The molecule has 2 amide bonds. The van der Waals surface area contributed by atoms with E-state index in [1.54, 1.807) is 29.4 Å². The lowest BCUT2D eigenvalue weighted by atomic mass is 10.1. The Morgan fingerprint density at radius 3 is 2.68 bits per heavy atom. The van der Waals surface area contributed by atoms with Gasteiger partial charge in [-0.05, 0) is 62.7 Å². The molecule has 28 heavy (non-hydrogen) atoms. The summed E-state index contributed by atoms with van der Waals surface area (Å²) >= 11 is 6.14. The van der Waals surface area contributed by atoms with E-state index >= 15 is 0 Å². The molecule has 2 aliphatic rings. The molecule has 2 saturated heterocycles. The van der Waals surface area contributed by atoms with Crippen molar-refractivity contribution in [3.8, 4) is 0 Å². The molecule has 0 unspecified atom stereocenters. The molecule has 2 fully saturated rings.